The monoisotopic (exact) mass is 265 g/mol. The van der Waals surface area contributed by atoms with Crippen LogP contribution in [0.1, 0.15) is 45.9 Å². The zero-order valence-electron chi connectivity index (χ0n) is 11.1. The maximum absolute atomic E-state index is 12.0. The van der Waals surface area contributed by atoms with Gasteiger partial charge in [-0.15, -0.1) is 0 Å². The van der Waals surface area contributed by atoms with Gasteiger partial charge in [0.05, 0.1) is 0 Å². The number of hydrogen-bond acceptors (Lipinski definition) is 4. The van der Waals surface area contributed by atoms with E-state index in [1.54, 1.807) is 0 Å². The number of nitrogens with zero attached hydrogens (tertiary/aromatic N) is 2. The summed E-state index contributed by atoms with van der Waals surface area (Å²) in [7, 11) is 0. The van der Waals surface area contributed by atoms with E-state index in [1.165, 1.54) is 24.4 Å². The van der Waals surface area contributed by atoms with Gasteiger partial charge in [-0.05, 0) is 31.1 Å². The molecule has 2 aliphatic rings. The fourth-order valence-corrected chi connectivity index (χ4v) is 3.10. The van der Waals surface area contributed by atoms with Crippen molar-refractivity contribution in [1.29, 1.82) is 0 Å². The molecular formula is C13H19N3OS. The molecule has 0 spiro atoms. The molecule has 1 N–H and O–H groups in total. The van der Waals surface area contributed by atoms with Crippen LogP contribution in [0.15, 0.2) is 0 Å². The van der Waals surface area contributed by atoms with Gasteiger partial charge in [-0.3, -0.25) is 4.79 Å². The molecule has 3 rings (SSSR count). The van der Waals surface area contributed by atoms with Crippen molar-refractivity contribution in [1.82, 2.24) is 9.36 Å². The molecule has 0 radical (unpaired) electrons. The molecule has 2 fully saturated rings. The van der Waals surface area contributed by atoms with Gasteiger partial charge < -0.3 is 5.32 Å². The Morgan fingerprint density at radius 2 is 2.11 bits per heavy atom. The Morgan fingerprint density at radius 1 is 1.39 bits per heavy atom. The molecule has 0 unspecified atom stereocenters. The van der Waals surface area contributed by atoms with Crippen LogP contribution < -0.4 is 5.32 Å². The summed E-state index contributed by atoms with van der Waals surface area (Å²) in [6, 6.07) is 0. The molecule has 1 amide bonds. The second-order valence-corrected chi connectivity index (χ2v) is 7.26. The van der Waals surface area contributed by atoms with E-state index in [4.69, 9.17) is 0 Å². The Balaban J connectivity index is 1.59. The van der Waals surface area contributed by atoms with E-state index in [9.17, 15) is 4.79 Å². The standard InChI is InChI=1S/C13H19N3OS/c1-13(2,3)11-15-12(18-16-11)14-10(17)9-6-8(9)7-4-5-7/h7-9H,4-6H2,1-3H3,(H,14,15,16,17)/t8-,9+/m0/s1. The fraction of sp³-hybridized carbons (Fsp3) is 0.769. The Hall–Kier alpha value is -0.970. The normalized spacial score (nSPS) is 27.1. The molecule has 5 heteroatoms. The van der Waals surface area contributed by atoms with Gasteiger partial charge in [-0.2, -0.15) is 4.37 Å². The van der Waals surface area contributed by atoms with Crippen molar-refractivity contribution in [3.05, 3.63) is 5.82 Å². The maximum Gasteiger partial charge on any atom is 0.229 e. The highest BCUT2D eigenvalue weighted by atomic mass is 32.1. The van der Waals surface area contributed by atoms with Crippen LogP contribution in [-0.4, -0.2) is 15.3 Å². The summed E-state index contributed by atoms with van der Waals surface area (Å²) >= 11 is 1.28. The Bertz CT molecular complexity index is 473. The van der Waals surface area contributed by atoms with Crippen molar-refractivity contribution in [3.63, 3.8) is 0 Å². The lowest BCUT2D eigenvalue weighted by molar-refractivity contribution is -0.117. The van der Waals surface area contributed by atoms with Crippen molar-refractivity contribution < 1.29 is 4.79 Å². The molecule has 1 heterocycles. The molecular weight excluding hydrogens is 246 g/mol. The number of carbonyl (C=O) groups is 1. The van der Waals surface area contributed by atoms with Gasteiger partial charge in [0.15, 0.2) is 0 Å². The van der Waals surface area contributed by atoms with Gasteiger partial charge >= 0.3 is 0 Å². The van der Waals surface area contributed by atoms with Crippen molar-refractivity contribution in [3.8, 4) is 0 Å². The lowest BCUT2D eigenvalue weighted by Crippen LogP contribution is -2.16. The van der Waals surface area contributed by atoms with Crippen molar-refractivity contribution in [2.75, 3.05) is 5.32 Å². The summed E-state index contributed by atoms with van der Waals surface area (Å²) in [5, 5.41) is 3.56. The zero-order chi connectivity index (χ0) is 12.9. The molecule has 98 valence electrons. The van der Waals surface area contributed by atoms with Crippen LogP contribution in [0.3, 0.4) is 0 Å². The van der Waals surface area contributed by atoms with E-state index < -0.39 is 0 Å². The Kier molecular flexibility index (Phi) is 2.70. The van der Waals surface area contributed by atoms with E-state index >= 15 is 0 Å². The van der Waals surface area contributed by atoms with Gasteiger partial charge in [0.2, 0.25) is 11.0 Å². The molecule has 2 aliphatic carbocycles. The van der Waals surface area contributed by atoms with Crippen LogP contribution in [-0.2, 0) is 10.2 Å². The van der Waals surface area contributed by atoms with E-state index in [-0.39, 0.29) is 17.2 Å². The molecule has 0 aliphatic heterocycles. The number of aromatic nitrogens is 2. The van der Waals surface area contributed by atoms with Gasteiger partial charge in [-0.1, -0.05) is 20.8 Å². The SMILES string of the molecule is CC(C)(C)c1nsc(NC(=O)[C@@H]2C[C@H]2C2CC2)n1. The van der Waals surface area contributed by atoms with E-state index in [0.717, 1.165) is 18.2 Å². The third-order valence-corrected chi connectivity index (χ3v) is 4.36. The van der Waals surface area contributed by atoms with E-state index in [2.05, 4.69) is 35.4 Å². The van der Waals surface area contributed by atoms with E-state index in [1.807, 2.05) is 0 Å². The third kappa shape index (κ3) is 2.41. The van der Waals surface area contributed by atoms with Crippen LogP contribution >= 0.6 is 11.5 Å². The second-order valence-electron chi connectivity index (χ2n) is 6.51. The number of carbonyl (C=O) groups excluding carboxylic acids is 1. The summed E-state index contributed by atoms with van der Waals surface area (Å²) in [5.74, 6) is 2.67. The van der Waals surface area contributed by atoms with Crippen molar-refractivity contribution in [2.24, 2.45) is 17.8 Å². The number of hydrogen-bond donors (Lipinski definition) is 1. The average Bonchev–Trinajstić information content (AvgIpc) is 3.14. The molecule has 1 aromatic rings. The number of rotatable bonds is 3. The Morgan fingerprint density at radius 3 is 2.67 bits per heavy atom. The number of amides is 1. The fourth-order valence-electron chi connectivity index (χ4n) is 2.34. The minimum Gasteiger partial charge on any atom is -0.300 e. The van der Waals surface area contributed by atoms with E-state index in [0.29, 0.717) is 11.0 Å². The predicted octanol–water partition coefficient (Wildman–Crippen LogP) is 2.82. The summed E-state index contributed by atoms with van der Waals surface area (Å²) in [4.78, 5) is 16.4. The third-order valence-electron chi connectivity index (χ3n) is 3.73. The van der Waals surface area contributed by atoms with Crippen molar-refractivity contribution >= 4 is 22.6 Å². The highest BCUT2D eigenvalue weighted by Crippen LogP contribution is 2.54. The largest absolute Gasteiger partial charge is 0.300 e. The molecule has 2 saturated carbocycles. The molecule has 4 nitrogen and oxygen atoms in total. The molecule has 0 aromatic carbocycles. The summed E-state index contributed by atoms with van der Waals surface area (Å²) in [5.41, 5.74) is -0.0599. The van der Waals surface area contributed by atoms with Gasteiger partial charge in [-0.25, -0.2) is 4.98 Å². The van der Waals surface area contributed by atoms with Gasteiger partial charge in [0.1, 0.15) is 5.82 Å². The molecule has 1 aromatic heterocycles. The van der Waals surface area contributed by atoms with Crippen LogP contribution in [0.5, 0.6) is 0 Å². The number of anilines is 1. The lowest BCUT2D eigenvalue weighted by Gasteiger charge is -2.12. The van der Waals surface area contributed by atoms with Crippen LogP contribution in [0.25, 0.3) is 0 Å². The molecule has 0 saturated heterocycles. The first-order valence-corrected chi connectivity index (χ1v) is 7.37. The first-order valence-electron chi connectivity index (χ1n) is 6.60. The minimum absolute atomic E-state index is 0.0599. The molecule has 0 bridgehead atoms. The molecule has 2 atom stereocenters. The highest BCUT2D eigenvalue weighted by Gasteiger charge is 2.51. The second kappa shape index (κ2) is 4.02. The summed E-state index contributed by atoms with van der Waals surface area (Å²) in [6.07, 6.45) is 3.71. The topological polar surface area (TPSA) is 54.9 Å². The molecule has 18 heavy (non-hydrogen) atoms. The smallest absolute Gasteiger partial charge is 0.229 e. The minimum atomic E-state index is -0.0599. The average molecular weight is 265 g/mol. The first kappa shape index (κ1) is 12.1. The van der Waals surface area contributed by atoms with Crippen LogP contribution in [0, 0.1) is 17.8 Å². The quantitative estimate of drug-likeness (QED) is 0.914. The first-order chi connectivity index (χ1) is 8.45. The Labute approximate surface area is 111 Å². The number of nitrogens with one attached hydrogen (secondary N) is 1. The maximum atomic E-state index is 12.0. The lowest BCUT2D eigenvalue weighted by atomic mass is 9.96. The predicted molar refractivity (Wildman–Crippen MR) is 71.6 cm³/mol. The van der Waals surface area contributed by atoms with Crippen LogP contribution in [0.2, 0.25) is 0 Å². The van der Waals surface area contributed by atoms with Crippen LogP contribution in [0.4, 0.5) is 5.13 Å². The summed E-state index contributed by atoms with van der Waals surface area (Å²) in [6.45, 7) is 6.22. The highest BCUT2D eigenvalue weighted by molar-refractivity contribution is 7.09. The van der Waals surface area contributed by atoms with Gasteiger partial charge in [0, 0.05) is 22.9 Å². The van der Waals surface area contributed by atoms with Crippen molar-refractivity contribution in [2.45, 2.75) is 45.4 Å². The summed E-state index contributed by atoms with van der Waals surface area (Å²) < 4.78 is 4.30. The zero-order valence-corrected chi connectivity index (χ0v) is 11.9. The van der Waals surface area contributed by atoms with Gasteiger partial charge in [0.25, 0.3) is 0 Å².